The lowest BCUT2D eigenvalue weighted by Crippen LogP contribution is -2.46. The Labute approximate surface area is 183 Å². The fourth-order valence-corrected chi connectivity index (χ4v) is 4.29. The minimum absolute atomic E-state index is 0.0724. The predicted molar refractivity (Wildman–Crippen MR) is 114 cm³/mol. The highest BCUT2D eigenvalue weighted by atomic mass is 32.1. The summed E-state index contributed by atoms with van der Waals surface area (Å²) in [5.74, 6) is -1.23. The third-order valence-electron chi connectivity index (χ3n) is 5.42. The Morgan fingerprint density at radius 2 is 1.90 bits per heavy atom. The lowest BCUT2D eigenvalue weighted by atomic mass is 10.0. The van der Waals surface area contributed by atoms with Crippen LogP contribution in [0.3, 0.4) is 0 Å². The molecule has 7 nitrogen and oxygen atoms in total. The van der Waals surface area contributed by atoms with Gasteiger partial charge in [-0.05, 0) is 48.1 Å². The molecule has 0 aliphatic heterocycles. The SMILES string of the molecule is O=C(NC1CCCC1)[C@H](c1ccncc1)N(Cc1ccccc1F)C(=O)c1csnn1. The molecule has 1 aliphatic rings. The van der Waals surface area contributed by atoms with Gasteiger partial charge in [0, 0.05) is 29.4 Å². The molecule has 0 radical (unpaired) electrons. The van der Waals surface area contributed by atoms with Crippen molar-refractivity contribution >= 4 is 23.3 Å². The minimum atomic E-state index is -0.961. The molecule has 0 spiro atoms. The Hall–Kier alpha value is -3.20. The van der Waals surface area contributed by atoms with E-state index in [1.807, 2.05) is 0 Å². The van der Waals surface area contributed by atoms with Crippen molar-refractivity contribution in [1.29, 1.82) is 0 Å². The first-order valence-electron chi connectivity index (χ1n) is 10.1. The summed E-state index contributed by atoms with van der Waals surface area (Å²) in [5.41, 5.74) is 1.03. The van der Waals surface area contributed by atoms with Gasteiger partial charge in [0.2, 0.25) is 5.91 Å². The van der Waals surface area contributed by atoms with Gasteiger partial charge in [-0.15, -0.1) is 5.10 Å². The van der Waals surface area contributed by atoms with Crippen molar-refractivity contribution in [1.82, 2.24) is 24.8 Å². The van der Waals surface area contributed by atoms with E-state index >= 15 is 0 Å². The van der Waals surface area contributed by atoms with Gasteiger partial charge in [0.25, 0.3) is 5.91 Å². The number of rotatable bonds is 7. The Balaban J connectivity index is 1.73. The fraction of sp³-hybridized carbons (Fsp3) is 0.318. The first-order chi connectivity index (χ1) is 15.1. The lowest BCUT2D eigenvalue weighted by Gasteiger charge is -2.32. The van der Waals surface area contributed by atoms with E-state index < -0.39 is 17.8 Å². The second-order valence-electron chi connectivity index (χ2n) is 7.49. The summed E-state index contributed by atoms with van der Waals surface area (Å²) in [4.78, 5) is 32.2. The molecule has 1 saturated carbocycles. The molecule has 9 heteroatoms. The number of carbonyl (C=O) groups excluding carboxylic acids is 2. The zero-order valence-corrected chi connectivity index (χ0v) is 17.6. The van der Waals surface area contributed by atoms with Gasteiger partial charge >= 0.3 is 0 Å². The fourth-order valence-electron chi connectivity index (χ4n) is 3.86. The maximum atomic E-state index is 14.5. The highest BCUT2D eigenvalue weighted by molar-refractivity contribution is 7.03. The zero-order valence-electron chi connectivity index (χ0n) is 16.8. The van der Waals surface area contributed by atoms with E-state index in [2.05, 4.69) is 19.9 Å². The van der Waals surface area contributed by atoms with Crippen molar-refractivity contribution in [2.75, 3.05) is 0 Å². The monoisotopic (exact) mass is 439 g/mol. The van der Waals surface area contributed by atoms with Crippen LogP contribution in [0.15, 0.2) is 54.2 Å². The van der Waals surface area contributed by atoms with Crippen molar-refractivity contribution in [2.45, 2.75) is 44.3 Å². The average molecular weight is 440 g/mol. The summed E-state index contributed by atoms with van der Waals surface area (Å²) in [6.45, 7) is -0.0892. The number of nitrogens with one attached hydrogen (secondary N) is 1. The summed E-state index contributed by atoms with van der Waals surface area (Å²) in [5, 5.41) is 8.48. The molecule has 1 aromatic carbocycles. The number of aromatic nitrogens is 3. The molecule has 2 heterocycles. The van der Waals surface area contributed by atoms with Gasteiger partial charge in [-0.2, -0.15) is 0 Å². The molecule has 2 amide bonds. The topological polar surface area (TPSA) is 88.1 Å². The van der Waals surface area contributed by atoms with Crippen LogP contribution >= 0.6 is 11.5 Å². The van der Waals surface area contributed by atoms with Crippen molar-refractivity contribution in [2.24, 2.45) is 0 Å². The van der Waals surface area contributed by atoms with Gasteiger partial charge in [0.15, 0.2) is 5.69 Å². The molecule has 4 rings (SSSR count). The average Bonchev–Trinajstić information content (AvgIpc) is 3.49. The standard InChI is InChI=1S/C22H22FN5O2S/c23-18-8-4-1-5-16(18)13-28(22(30)19-14-31-27-26-19)20(15-9-11-24-12-10-15)21(29)25-17-6-2-3-7-17/h1,4-5,8-12,14,17,20H,2-3,6-7,13H2,(H,25,29)/t20-/m0/s1. The maximum absolute atomic E-state index is 14.5. The van der Waals surface area contributed by atoms with Crippen molar-refractivity contribution in [3.63, 3.8) is 0 Å². The zero-order chi connectivity index (χ0) is 21.6. The van der Waals surface area contributed by atoms with E-state index in [9.17, 15) is 14.0 Å². The van der Waals surface area contributed by atoms with Crippen LogP contribution in [0.5, 0.6) is 0 Å². The Morgan fingerprint density at radius 3 is 2.58 bits per heavy atom. The van der Waals surface area contributed by atoms with Gasteiger partial charge in [-0.1, -0.05) is 35.5 Å². The van der Waals surface area contributed by atoms with Crippen LogP contribution < -0.4 is 5.32 Å². The van der Waals surface area contributed by atoms with E-state index in [4.69, 9.17) is 0 Å². The molecule has 2 aromatic heterocycles. The smallest absolute Gasteiger partial charge is 0.276 e. The van der Waals surface area contributed by atoms with Crippen LogP contribution in [0.25, 0.3) is 0 Å². The molecule has 160 valence electrons. The molecule has 1 atom stereocenters. The van der Waals surface area contributed by atoms with E-state index in [0.29, 0.717) is 11.1 Å². The number of hydrogen-bond acceptors (Lipinski definition) is 6. The molecule has 3 aromatic rings. The Bertz CT molecular complexity index is 1030. The summed E-state index contributed by atoms with van der Waals surface area (Å²) in [6.07, 6.45) is 7.08. The molecule has 31 heavy (non-hydrogen) atoms. The normalized spacial score (nSPS) is 14.9. The number of benzene rings is 1. The number of hydrogen-bond donors (Lipinski definition) is 1. The van der Waals surface area contributed by atoms with Crippen LogP contribution in [0.1, 0.15) is 53.3 Å². The summed E-state index contributed by atoms with van der Waals surface area (Å²) in [7, 11) is 0. The van der Waals surface area contributed by atoms with E-state index in [1.165, 1.54) is 16.3 Å². The van der Waals surface area contributed by atoms with Crippen LogP contribution in [0.2, 0.25) is 0 Å². The first kappa shape index (κ1) is 21.0. The molecule has 0 unspecified atom stereocenters. The van der Waals surface area contributed by atoms with E-state index in [-0.39, 0.29) is 24.2 Å². The molecular weight excluding hydrogens is 417 g/mol. The van der Waals surface area contributed by atoms with E-state index in [1.54, 1.807) is 42.7 Å². The number of carbonyl (C=O) groups is 2. The number of pyridine rings is 1. The van der Waals surface area contributed by atoms with Crippen LogP contribution in [0.4, 0.5) is 4.39 Å². The van der Waals surface area contributed by atoms with Crippen molar-refractivity contribution in [3.8, 4) is 0 Å². The molecule has 0 bridgehead atoms. The molecule has 1 fully saturated rings. The second kappa shape index (κ2) is 9.74. The van der Waals surface area contributed by atoms with Gasteiger partial charge in [-0.3, -0.25) is 14.6 Å². The van der Waals surface area contributed by atoms with Crippen molar-refractivity contribution in [3.05, 3.63) is 76.8 Å². The molecule has 0 saturated heterocycles. The van der Waals surface area contributed by atoms with Crippen LogP contribution in [0, 0.1) is 5.82 Å². The molecular formula is C22H22FN5O2S. The third-order valence-corrected chi connectivity index (χ3v) is 5.93. The predicted octanol–water partition coefficient (Wildman–Crippen LogP) is 3.51. The number of nitrogens with zero attached hydrogens (tertiary/aromatic N) is 4. The first-order valence-corrected chi connectivity index (χ1v) is 11.0. The Kier molecular flexibility index (Phi) is 6.61. The highest BCUT2D eigenvalue weighted by Crippen LogP contribution is 2.27. The minimum Gasteiger partial charge on any atom is -0.351 e. The molecule has 1 N–H and O–H groups in total. The maximum Gasteiger partial charge on any atom is 0.276 e. The van der Waals surface area contributed by atoms with Gasteiger partial charge in [0.05, 0.1) is 6.54 Å². The highest BCUT2D eigenvalue weighted by Gasteiger charge is 2.35. The van der Waals surface area contributed by atoms with E-state index in [0.717, 1.165) is 37.2 Å². The van der Waals surface area contributed by atoms with Gasteiger partial charge in [-0.25, -0.2) is 4.39 Å². The quantitative estimate of drug-likeness (QED) is 0.609. The van der Waals surface area contributed by atoms with Gasteiger partial charge in [0.1, 0.15) is 11.9 Å². The van der Waals surface area contributed by atoms with Crippen LogP contribution in [-0.4, -0.2) is 37.3 Å². The summed E-state index contributed by atoms with van der Waals surface area (Å²) < 4.78 is 18.2. The lowest BCUT2D eigenvalue weighted by molar-refractivity contribution is -0.126. The second-order valence-corrected chi connectivity index (χ2v) is 8.10. The van der Waals surface area contributed by atoms with Crippen molar-refractivity contribution < 1.29 is 14.0 Å². The Morgan fingerprint density at radius 1 is 1.16 bits per heavy atom. The van der Waals surface area contributed by atoms with Gasteiger partial charge < -0.3 is 10.2 Å². The van der Waals surface area contributed by atoms with Crippen LogP contribution in [-0.2, 0) is 11.3 Å². The summed E-state index contributed by atoms with van der Waals surface area (Å²) >= 11 is 1.04. The largest absolute Gasteiger partial charge is 0.351 e. The number of amides is 2. The third kappa shape index (κ3) is 4.93. The number of halogens is 1. The molecule has 1 aliphatic carbocycles. The summed E-state index contributed by atoms with van der Waals surface area (Å²) in [6, 6.07) is 8.73.